The summed E-state index contributed by atoms with van der Waals surface area (Å²) in [5.41, 5.74) is 7.45. The van der Waals surface area contributed by atoms with Gasteiger partial charge in [0, 0.05) is 17.3 Å². The molecule has 0 radical (unpaired) electrons. The summed E-state index contributed by atoms with van der Waals surface area (Å²) in [7, 11) is 0. The minimum absolute atomic E-state index is 0.0380. The molecule has 1 amide bonds. The first-order chi connectivity index (χ1) is 9.32. The van der Waals surface area contributed by atoms with Gasteiger partial charge in [0.05, 0.1) is 17.6 Å². The number of hydrogen-bond acceptors (Lipinski definition) is 5. The zero-order chi connectivity index (χ0) is 14.9. The summed E-state index contributed by atoms with van der Waals surface area (Å²) in [6.07, 6.45) is 1.49. The zero-order valence-corrected chi connectivity index (χ0v) is 12.9. The molecule has 2 rings (SSSR count). The van der Waals surface area contributed by atoms with E-state index in [1.807, 2.05) is 12.3 Å². The maximum absolute atomic E-state index is 12.2. The number of hydrogen-bond donors (Lipinski definition) is 2. The van der Waals surface area contributed by atoms with E-state index in [2.05, 4.69) is 36.2 Å². The van der Waals surface area contributed by atoms with Crippen molar-refractivity contribution >= 4 is 28.1 Å². The second kappa shape index (κ2) is 5.24. The van der Waals surface area contributed by atoms with E-state index in [9.17, 15) is 4.79 Å². The van der Waals surface area contributed by atoms with E-state index >= 15 is 0 Å². The molecule has 0 atom stereocenters. The van der Waals surface area contributed by atoms with Gasteiger partial charge in [0.25, 0.3) is 5.91 Å². The van der Waals surface area contributed by atoms with Gasteiger partial charge in [-0.05, 0) is 6.92 Å². The summed E-state index contributed by atoms with van der Waals surface area (Å²) in [5.74, 6) is -0.281. The lowest BCUT2D eigenvalue weighted by molar-refractivity contribution is 0.101. The van der Waals surface area contributed by atoms with Gasteiger partial charge in [0.1, 0.15) is 5.69 Å². The Bertz CT molecular complexity index is 623. The molecular weight excluding hydrogens is 274 g/mol. The molecule has 0 aliphatic rings. The highest BCUT2D eigenvalue weighted by Crippen LogP contribution is 2.26. The van der Waals surface area contributed by atoms with Gasteiger partial charge in [-0.25, -0.2) is 4.98 Å². The van der Waals surface area contributed by atoms with Gasteiger partial charge in [0.2, 0.25) is 0 Å². The third-order valence-electron chi connectivity index (χ3n) is 2.88. The van der Waals surface area contributed by atoms with Crippen molar-refractivity contribution < 1.29 is 4.79 Å². The molecule has 7 heteroatoms. The molecule has 0 fully saturated rings. The van der Waals surface area contributed by atoms with Gasteiger partial charge in [0.15, 0.2) is 5.13 Å². The molecule has 0 saturated carbocycles. The third-order valence-corrected chi connectivity index (χ3v) is 3.63. The lowest BCUT2D eigenvalue weighted by Crippen LogP contribution is -2.19. The van der Waals surface area contributed by atoms with Crippen LogP contribution in [0.4, 0.5) is 10.8 Å². The molecule has 108 valence electrons. The van der Waals surface area contributed by atoms with Crippen LogP contribution in [0.1, 0.15) is 43.9 Å². The maximum Gasteiger partial charge on any atom is 0.277 e. The molecule has 0 bridgehead atoms. The van der Waals surface area contributed by atoms with E-state index in [1.165, 1.54) is 17.5 Å². The van der Waals surface area contributed by atoms with Crippen LogP contribution in [0, 0.1) is 0 Å². The Kier molecular flexibility index (Phi) is 3.80. The summed E-state index contributed by atoms with van der Waals surface area (Å²) >= 11 is 1.41. The quantitative estimate of drug-likeness (QED) is 0.910. The number of carbonyl (C=O) groups excluding carboxylic acids is 1. The molecule has 0 unspecified atom stereocenters. The van der Waals surface area contributed by atoms with Crippen molar-refractivity contribution in [3.8, 4) is 0 Å². The molecule has 2 aromatic heterocycles. The Morgan fingerprint density at radius 2 is 2.20 bits per heavy atom. The van der Waals surface area contributed by atoms with Crippen molar-refractivity contribution in [3.05, 3.63) is 23.0 Å². The molecule has 0 saturated heterocycles. The molecular formula is C13H19N5OS. The molecule has 20 heavy (non-hydrogen) atoms. The summed E-state index contributed by atoms with van der Waals surface area (Å²) in [4.78, 5) is 16.7. The number of nitrogens with zero attached hydrogens (tertiary/aromatic N) is 3. The molecule has 3 N–H and O–H groups in total. The summed E-state index contributed by atoms with van der Waals surface area (Å²) in [6, 6.07) is 0. The Morgan fingerprint density at radius 3 is 2.75 bits per heavy atom. The smallest absolute Gasteiger partial charge is 0.277 e. The number of nitrogens with two attached hydrogens (primary N) is 1. The lowest BCUT2D eigenvalue weighted by atomic mass is 9.93. The van der Waals surface area contributed by atoms with Crippen LogP contribution >= 0.6 is 11.3 Å². The highest BCUT2D eigenvalue weighted by Gasteiger charge is 2.20. The number of nitrogen functional groups attached to an aromatic ring is 1. The van der Waals surface area contributed by atoms with Crippen molar-refractivity contribution in [2.45, 2.75) is 39.7 Å². The van der Waals surface area contributed by atoms with Crippen molar-refractivity contribution in [2.24, 2.45) is 0 Å². The molecule has 0 aromatic carbocycles. The largest absolute Gasteiger partial charge is 0.396 e. The monoisotopic (exact) mass is 293 g/mol. The summed E-state index contributed by atoms with van der Waals surface area (Å²) in [5, 5.41) is 9.36. The van der Waals surface area contributed by atoms with E-state index < -0.39 is 0 Å². The average Bonchev–Trinajstić information content (AvgIpc) is 2.94. The van der Waals surface area contributed by atoms with Crippen molar-refractivity contribution in [2.75, 3.05) is 11.1 Å². The number of thiazole rings is 1. The lowest BCUT2D eigenvalue weighted by Gasteiger charge is -2.14. The highest BCUT2D eigenvalue weighted by molar-refractivity contribution is 7.14. The van der Waals surface area contributed by atoms with Crippen molar-refractivity contribution in [3.63, 3.8) is 0 Å². The van der Waals surface area contributed by atoms with Crippen LogP contribution in [0.15, 0.2) is 11.6 Å². The predicted octanol–water partition coefficient (Wildman–Crippen LogP) is 2.49. The topological polar surface area (TPSA) is 85.8 Å². The molecule has 2 heterocycles. The normalized spacial score (nSPS) is 11.6. The fourth-order valence-corrected chi connectivity index (χ4v) is 2.65. The number of carbonyl (C=O) groups is 1. The van der Waals surface area contributed by atoms with Gasteiger partial charge < -0.3 is 5.73 Å². The minimum Gasteiger partial charge on any atom is -0.396 e. The first-order valence-corrected chi connectivity index (χ1v) is 7.29. The van der Waals surface area contributed by atoms with E-state index in [1.54, 1.807) is 4.68 Å². The summed E-state index contributed by atoms with van der Waals surface area (Å²) in [6.45, 7) is 8.74. The Morgan fingerprint density at radius 1 is 1.50 bits per heavy atom. The summed E-state index contributed by atoms with van der Waals surface area (Å²) < 4.78 is 1.57. The predicted molar refractivity (Wildman–Crippen MR) is 81.1 cm³/mol. The van der Waals surface area contributed by atoms with Crippen LogP contribution < -0.4 is 11.1 Å². The Balaban J connectivity index is 2.20. The molecule has 0 aliphatic heterocycles. The number of amides is 1. The number of aryl methyl sites for hydroxylation is 1. The SMILES string of the molecule is CCn1ncc(N)c1C(=O)Nc1nc(C(C)(C)C)cs1. The van der Waals surface area contributed by atoms with Gasteiger partial charge >= 0.3 is 0 Å². The van der Waals surface area contributed by atoms with E-state index in [0.29, 0.717) is 23.1 Å². The number of rotatable bonds is 3. The molecule has 0 spiro atoms. The van der Waals surface area contributed by atoms with Gasteiger partial charge in [-0.2, -0.15) is 5.10 Å². The Hall–Kier alpha value is -1.89. The van der Waals surface area contributed by atoms with Crippen LogP contribution in [0.2, 0.25) is 0 Å². The number of anilines is 2. The van der Waals surface area contributed by atoms with Crippen LogP contribution in [-0.4, -0.2) is 20.7 Å². The molecule has 0 aliphatic carbocycles. The van der Waals surface area contributed by atoms with Gasteiger partial charge in [-0.3, -0.25) is 14.8 Å². The second-order valence-corrected chi connectivity index (χ2v) is 6.36. The van der Waals surface area contributed by atoms with E-state index in [-0.39, 0.29) is 11.3 Å². The Labute approximate surface area is 122 Å². The van der Waals surface area contributed by atoms with Gasteiger partial charge in [-0.15, -0.1) is 11.3 Å². The molecule has 2 aromatic rings. The first kappa shape index (κ1) is 14.5. The van der Waals surface area contributed by atoms with Crippen molar-refractivity contribution in [1.29, 1.82) is 0 Å². The van der Waals surface area contributed by atoms with Crippen LogP contribution in [0.25, 0.3) is 0 Å². The highest BCUT2D eigenvalue weighted by atomic mass is 32.1. The number of aromatic nitrogens is 3. The average molecular weight is 293 g/mol. The first-order valence-electron chi connectivity index (χ1n) is 6.41. The number of nitrogens with one attached hydrogen (secondary N) is 1. The van der Waals surface area contributed by atoms with Crippen LogP contribution in [-0.2, 0) is 12.0 Å². The second-order valence-electron chi connectivity index (χ2n) is 5.51. The van der Waals surface area contributed by atoms with Crippen LogP contribution in [0.3, 0.4) is 0 Å². The maximum atomic E-state index is 12.2. The van der Waals surface area contributed by atoms with Gasteiger partial charge in [-0.1, -0.05) is 20.8 Å². The molecule has 6 nitrogen and oxygen atoms in total. The van der Waals surface area contributed by atoms with E-state index in [0.717, 1.165) is 5.69 Å². The van der Waals surface area contributed by atoms with Crippen LogP contribution in [0.5, 0.6) is 0 Å². The van der Waals surface area contributed by atoms with E-state index in [4.69, 9.17) is 5.73 Å². The fraction of sp³-hybridized carbons (Fsp3) is 0.462. The minimum atomic E-state index is -0.281. The zero-order valence-electron chi connectivity index (χ0n) is 12.1. The third kappa shape index (κ3) is 2.82. The van der Waals surface area contributed by atoms with Crippen molar-refractivity contribution in [1.82, 2.24) is 14.8 Å². The standard InChI is InChI=1S/C13H19N5OS/c1-5-18-10(8(14)6-15-18)11(19)17-12-16-9(7-20-12)13(2,3)4/h6-7H,5,14H2,1-4H3,(H,16,17,19). The fourth-order valence-electron chi connectivity index (χ4n) is 1.72.